The van der Waals surface area contributed by atoms with E-state index in [2.05, 4.69) is 20.4 Å². The van der Waals surface area contributed by atoms with Gasteiger partial charge in [0, 0.05) is 24.3 Å². The van der Waals surface area contributed by atoms with Gasteiger partial charge in [0.2, 0.25) is 0 Å². The summed E-state index contributed by atoms with van der Waals surface area (Å²) in [6.07, 6.45) is 2.54. The summed E-state index contributed by atoms with van der Waals surface area (Å²) in [5, 5.41) is 17.5. The van der Waals surface area contributed by atoms with Gasteiger partial charge in [-0.15, -0.1) is 0 Å². The van der Waals surface area contributed by atoms with Crippen LogP contribution in [-0.4, -0.2) is 32.8 Å². The summed E-state index contributed by atoms with van der Waals surface area (Å²) in [4.78, 5) is 8.80. The van der Waals surface area contributed by atoms with E-state index < -0.39 is 0 Å². The van der Waals surface area contributed by atoms with E-state index in [0.717, 1.165) is 29.0 Å². The van der Waals surface area contributed by atoms with Crippen LogP contribution in [0, 0.1) is 13.8 Å². The Labute approximate surface area is 152 Å². The van der Waals surface area contributed by atoms with Crippen LogP contribution < -0.4 is 11.1 Å². The summed E-state index contributed by atoms with van der Waals surface area (Å²) in [5.74, 6) is 1.94. The van der Waals surface area contributed by atoms with E-state index in [9.17, 15) is 5.11 Å². The lowest BCUT2D eigenvalue weighted by Crippen LogP contribution is -2.28. The second kappa shape index (κ2) is 7.53. The Balaban J connectivity index is 1.95. The molecule has 3 rings (SSSR count). The fourth-order valence-electron chi connectivity index (χ4n) is 2.73. The van der Waals surface area contributed by atoms with Crippen molar-refractivity contribution in [1.82, 2.24) is 15.1 Å². The molecule has 2 aromatic heterocycles. The second-order valence-electron chi connectivity index (χ2n) is 6.25. The molecule has 136 valence electrons. The molecule has 3 aromatic rings. The van der Waals surface area contributed by atoms with Crippen molar-refractivity contribution in [1.29, 1.82) is 0 Å². The van der Waals surface area contributed by atoms with Crippen LogP contribution in [0.1, 0.15) is 24.8 Å². The Hall–Kier alpha value is -2.93. The number of hydrogen-bond donors (Lipinski definition) is 3. The van der Waals surface area contributed by atoms with Gasteiger partial charge < -0.3 is 20.7 Å². The van der Waals surface area contributed by atoms with Crippen LogP contribution in [0.15, 0.2) is 35.0 Å². The maximum Gasteiger partial charge on any atom is 0.165 e. The van der Waals surface area contributed by atoms with Crippen LogP contribution in [0.2, 0.25) is 0 Å². The summed E-state index contributed by atoms with van der Waals surface area (Å²) in [7, 11) is 0. The molecule has 0 fully saturated rings. The predicted octanol–water partition coefficient (Wildman–Crippen LogP) is 3.27. The number of hydrogen-bond acceptors (Lipinski definition) is 7. The molecule has 0 bridgehead atoms. The largest absolute Gasteiger partial charge is 0.507 e. The number of nitrogens with one attached hydrogen (secondary N) is 1. The zero-order valence-corrected chi connectivity index (χ0v) is 15.2. The van der Waals surface area contributed by atoms with E-state index in [1.54, 1.807) is 18.3 Å². The minimum Gasteiger partial charge on any atom is -0.507 e. The van der Waals surface area contributed by atoms with Crippen molar-refractivity contribution >= 4 is 5.82 Å². The highest BCUT2D eigenvalue weighted by atomic mass is 16.5. The average Bonchev–Trinajstić information content (AvgIpc) is 2.99. The fourth-order valence-corrected chi connectivity index (χ4v) is 2.73. The van der Waals surface area contributed by atoms with Gasteiger partial charge >= 0.3 is 0 Å². The predicted molar refractivity (Wildman–Crippen MR) is 101 cm³/mol. The van der Waals surface area contributed by atoms with Crippen molar-refractivity contribution in [2.24, 2.45) is 5.73 Å². The number of aryl methyl sites for hydroxylation is 2. The number of nitrogens with two attached hydrogens (primary N) is 1. The van der Waals surface area contributed by atoms with Crippen molar-refractivity contribution in [3.63, 3.8) is 0 Å². The van der Waals surface area contributed by atoms with Gasteiger partial charge in [-0.2, -0.15) is 0 Å². The van der Waals surface area contributed by atoms with Crippen LogP contribution in [0.5, 0.6) is 5.75 Å². The van der Waals surface area contributed by atoms with Gasteiger partial charge in [-0.1, -0.05) is 18.1 Å². The molecular formula is C19H23N5O2. The van der Waals surface area contributed by atoms with Crippen LogP contribution in [0.4, 0.5) is 5.82 Å². The van der Waals surface area contributed by atoms with E-state index >= 15 is 0 Å². The Bertz CT molecular complexity index is 887. The minimum absolute atomic E-state index is 0.0599. The van der Waals surface area contributed by atoms with Crippen LogP contribution in [-0.2, 0) is 0 Å². The summed E-state index contributed by atoms with van der Waals surface area (Å²) < 4.78 is 5.24. The Morgan fingerprint density at radius 2 is 2.08 bits per heavy atom. The molecule has 26 heavy (non-hydrogen) atoms. The zero-order chi connectivity index (χ0) is 18.7. The SMILES string of the molecule is CC[C@@H](N)CNc1ccnc(-c2cc(-c3c(C)noc3C)ccc2O)n1. The molecule has 0 aliphatic rings. The first kappa shape index (κ1) is 17.9. The molecule has 7 heteroatoms. The van der Waals surface area contributed by atoms with Crippen molar-refractivity contribution in [3.8, 4) is 28.3 Å². The minimum atomic E-state index is 0.0599. The molecule has 1 aromatic carbocycles. The molecule has 0 spiro atoms. The summed E-state index contributed by atoms with van der Waals surface area (Å²) in [6, 6.07) is 7.14. The van der Waals surface area contributed by atoms with Crippen LogP contribution in [0.3, 0.4) is 0 Å². The van der Waals surface area contributed by atoms with Gasteiger partial charge in [0.25, 0.3) is 0 Å². The molecule has 0 aliphatic heterocycles. The molecule has 4 N–H and O–H groups in total. The number of phenols is 1. The van der Waals surface area contributed by atoms with Crippen molar-refractivity contribution in [3.05, 3.63) is 41.9 Å². The number of aromatic nitrogens is 3. The number of benzene rings is 1. The molecule has 2 heterocycles. The first-order valence-electron chi connectivity index (χ1n) is 8.58. The van der Waals surface area contributed by atoms with Crippen LogP contribution >= 0.6 is 0 Å². The fraction of sp³-hybridized carbons (Fsp3) is 0.316. The highest BCUT2D eigenvalue weighted by Crippen LogP contribution is 2.34. The van der Waals surface area contributed by atoms with E-state index in [0.29, 0.717) is 23.8 Å². The maximum atomic E-state index is 10.3. The van der Waals surface area contributed by atoms with Gasteiger partial charge in [-0.25, -0.2) is 9.97 Å². The molecule has 7 nitrogen and oxygen atoms in total. The molecule has 0 amide bonds. The molecule has 0 aliphatic carbocycles. The highest BCUT2D eigenvalue weighted by Gasteiger charge is 2.15. The van der Waals surface area contributed by atoms with Gasteiger partial charge in [0.1, 0.15) is 17.3 Å². The number of anilines is 1. The average molecular weight is 353 g/mol. The standard InChI is InChI=1S/C19H23N5O2/c1-4-14(20)10-22-17-7-8-21-19(23-17)15-9-13(5-6-16(15)25)18-11(2)24-26-12(18)3/h5-9,14,25H,4,10,20H2,1-3H3,(H,21,22,23)/t14-/m1/s1. The maximum absolute atomic E-state index is 10.3. The van der Waals surface area contributed by atoms with Crippen molar-refractivity contribution < 1.29 is 9.63 Å². The lowest BCUT2D eigenvalue weighted by Gasteiger charge is -2.12. The Kier molecular flexibility index (Phi) is 5.18. The van der Waals surface area contributed by atoms with Crippen molar-refractivity contribution in [2.45, 2.75) is 33.2 Å². The summed E-state index contributed by atoms with van der Waals surface area (Å²) >= 11 is 0. The lowest BCUT2D eigenvalue weighted by atomic mass is 10.0. The smallest absolute Gasteiger partial charge is 0.165 e. The number of aromatic hydroxyl groups is 1. The summed E-state index contributed by atoms with van der Waals surface area (Å²) in [6.45, 7) is 6.41. The van der Waals surface area contributed by atoms with E-state index in [1.165, 1.54) is 0 Å². The summed E-state index contributed by atoms with van der Waals surface area (Å²) in [5.41, 5.74) is 9.08. The first-order valence-corrected chi connectivity index (χ1v) is 8.58. The van der Waals surface area contributed by atoms with Gasteiger partial charge in [0.15, 0.2) is 5.82 Å². The topological polar surface area (TPSA) is 110 Å². The third-order valence-corrected chi connectivity index (χ3v) is 4.28. The molecule has 0 saturated heterocycles. The molecular weight excluding hydrogens is 330 g/mol. The number of phenolic OH excluding ortho intramolecular Hbond substituents is 1. The van der Waals surface area contributed by atoms with E-state index in [1.807, 2.05) is 32.9 Å². The highest BCUT2D eigenvalue weighted by molar-refractivity contribution is 5.76. The van der Waals surface area contributed by atoms with E-state index in [4.69, 9.17) is 10.3 Å². The first-order chi connectivity index (χ1) is 12.5. The second-order valence-corrected chi connectivity index (χ2v) is 6.25. The van der Waals surface area contributed by atoms with Gasteiger partial charge in [0.05, 0.1) is 11.3 Å². The monoisotopic (exact) mass is 353 g/mol. The Morgan fingerprint density at radius 3 is 2.77 bits per heavy atom. The molecule has 0 radical (unpaired) electrons. The molecule has 1 atom stereocenters. The number of nitrogens with zero attached hydrogens (tertiary/aromatic N) is 3. The number of rotatable bonds is 6. The molecule has 0 unspecified atom stereocenters. The lowest BCUT2D eigenvalue weighted by molar-refractivity contribution is 0.393. The quantitative estimate of drug-likeness (QED) is 0.624. The Morgan fingerprint density at radius 1 is 1.27 bits per heavy atom. The molecule has 0 saturated carbocycles. The van der Waals surface area contributed by atoms with Gasteiger partial charge in [-0.3, -0.25) is 0 Å². The van der Waals surface area contributed by atoms with Crippen molar-refractivity contribution in [2.75, 3.05) is 11.9 Å². The third kappa shape index (κ3) is 3.67. The third-order valence-electron chi connectivity index (χ3n) is 4.28. The van der Waals surface area contributed by atoms with Gasteiger partial charge in [-0.05, 0) is 44.0 Å². The van der Waals surface area contributed by atoms with Crippen LogP contribution in [0.25, 0.3) is 22.5 Å². The normalized spacial score (nSPS) is 12.2. The van der Waals surface area contributed by atoms with E-state index in [-0.39, 0.29) is 11.8 Å². The zero-order valence-electron chi connectivity index (χ0n) is 15.2.